The zero-order valence-corrected chi connectivity index (χ0v) is 40.7. The molecule has 0 saturated heterocycles. The molecular formula is C52H102N2O5. The van der Waals surface area contributed by atoms with Crippen molar-refractivity contribution >= 4 is 17.8 Å². The first kappa shape index (κ1) is 57.4. The van der Waals surface area contributed by atoms with Crippen LogP contribution in [0.3, 0.4) is 0 Å². The molecule has 0 spiro atoms. The SMILES string of the molecule is CCCCCCCCC(CCCCCCCC)OC(=O)CCCCCCCN(CCCCCCCC(=O)OCCC(CCCC)CCCC)CCCNC(=O)C(C)(C)C. The van der Waals surface area contributed by atoms with Crippen molar-refractivity contribution in [3.63, 3.8) is 0 Å². The Labute approximate surface area is 367 Å². The Kier molecular flexibility index (Phi) is 40.6. The lowest BCUT2D eigenvalue weighted by Crippen LogP contribution is -2.37. The van der Waals surface area contributed by atoms with E-state index in [0.717, 1.165) is 103 Å². The summed E-state index contributed by atoms with van der Waals surface area (Å²) in [6, 6.07) is 0. The highest BCUT2D eigenvalue weighted by molar-refractivity contribution is 5.81. The molecule has 0 atom stereocenters. The number of nitrogens with one attached hydrogen (secondary N) is 1. The largest absolute Gasteiger partial charge is 0.466 e. The predicted octanol–water partition coefficient (Wildman–Crippen LogP) is 14.9. The van der Waals surface area contributed by atoms with Gasteiger partial charge in [0.1, 0.15) is 6.10 Å². The fourth-order valence-electron chi connectivity index (χ4n) is 8.02. The Hall–Kier alpha value is -1.63. The molecule has 7 heteroatoms. The van der Waals surface area contributed by atoms with E-state index < -0.39 is 0 Å². The second-order valence-corrected chi connectivity index (χ2v) is 19.1. The minimum Gasteiger partial charge on any atom is -0.466 e. The number of rotatable bonds is 44. The number of nitrogens with zero attached hydrogens (tertiary/aromatic N) is 1. The molecule has 0 aromatic carbocycles. The van der Waals surface area contributed by atoms with Crippen LogP contribution in [0.25, 0.3) is 0 Å². The molecule has 0 unspecified atom stereocenters. The number of hydrogen-bond acceptors (Lipinski definition) is 6. The second kappa shape index (κ2) is 41.7. The molecule has 1 amide bonds. The van der Waals surface area contributed by atoms with Gasteiger partial charge < -0.3 is 19.7 Å². The maximum atomic E-state index is 12.9. The van der Waals surface area contributed by atoms with E-state index in [4.69, 9.17) is 9.47 Å². The van der Waals surface area contributed by atoms with Crippen LogP contribution in [0.4, 0.5) is 0 Å². The molecule has 1 N–H and O–H groups in total. The minimum atomic E-state index is -0.360. The highest BCUT2D eigenvalue weighted by Gasteiger charge is 2.20. The molecule has 350 valence electrons. The fourth-order valence-corrected chi connectivity index (χ4v) is 8.02. The average Bonchev–Trinajstić information content (AvgIpc) is 3.21. The Balaban J connectivity index is 4.52. The molecule has 0 aromatic heterocycles. The molecule has 0 rings (SSSR count). The highest BCUT2D eigenvalue weighted by Crippen LogP contribution is 2.21. The van der Waals surface area contributed by atoms with Crippen molar-refractivity contribution in [2.45, 2.75) is 273 Å². The number of carbonyl (C=O) groups excluding carboxylic acids is 3. The first-order valence-electron chi connectivity index (χ1n) is 25.9. The maximum absolute atomic E-state index is 12.9. The summed E-state index contributed by atoms with van der Waals surface area (Å²) in [4.78, 5) is 40.2. The van der Waals surface area contributed by atoms with Gasteiger partial charge >= 0.3 is 11.9 Å². The summed E-state index contributed by atoms with van der Waals surface area (Å²) < 4.78 is 11.7. The van der Waals surface area contributed by atoms with Crippen LogP contribution >= 0.6 is 0 Å². The van der Waals surface area contributed by atoms with Gasteiger partial charge in [0.15, 0.2) is 0 Å². The number of carbonyl (C=O) groups is 3. The molecule has 7 nitrogen and oxygen atoms in total. The summed E-state index contributed by atoms with van der Waals surface area (Å²) in [6.45, 7) is 19.4. The third-order valence-corrected chi connectivity index (χ3v) is 12.1. The molecule has 0 aliphatic rings. The van der Waals surface area contributed by atoms with Crippen LogP contribution in [-0.2, 0) is 23.9 Å². The van der Waals surface area contributed by atoms with E-state index in [1.807, 2.05) is 20.8 Å². The number of amides is 1. The van der Waals surface area contributed by atoms with Crippen molar-refractivity contribution in [2.75, 3.05) is 32.8 Å². The van der Waals surface area contributed by atoms with Crippen molar-refractivity contribution in [2.24, 2.45) is 11.3 Å². The zero-order valence-electron chi connectivity index (χ0n) is 40.7. The summed E-state index contributed by atoms with van der Waals surface area (Å²) >= 11 is 0. The maximum Gasteiger partial charge on any atom is 0.306 e. The molecule has 0 aromatic rings. The van der Waals surface area contributed by atoms with Crippen molar-refractivity contribution in [1.82, 2.24) is 10.2 Å². The topological polar surface area (TPSA) is 84.9 Å². The molecule has 0 saturated carbocycles. The van der Waals surface area contributed by atoms with Crippen LogP contribution in [0.2, 0.25) is 0 Å². The number of unbranched alkanes of at least 4 members (excludes halogenated alkanes) is 20. The van der Waals surface area contributed by atoms with Gasteiger partial charge in [0.05, 0.1) is 6.61 Å². The zero-order chi connectivity index (χ0) is 43.7. The van der Waals surface area contributed by atoms with E-state index in [1.54, 1.807) is 0 Å². The van der Waals surface area contributed by atoms with E-state index in [9.17, 15) is 14.4 Å². The first-order chi connectivity index (χ1) is 28.6. The quantitative estimate of drug-likeness (QED) is 0.0486. The number of hydrogen-bond donors (Lipinski definition) is 1. The Morgan fingerprint density at radius 2 is 0.898 bits per heavy atom. The number of esters is 2. The van der Waals surface area contributed by atoms with E-state index in [-0.39, 0.29) is 29.4 Å². The Bertz CT molecular complexity index is 926. The fraction of sp³-hybridized carbons (Fsp3) is 0.942. The highest BCUT2D eigenvalue weighted by atomic mass is 16.5. The van der Waals surface area contributed by atoms with Crippen molar-refractivity contribution in [1.29, 1.82) is 0 Å². The molecule has 0 fully saturated rings. The lowest BCUT2D eigenvalue weighted by atomic mass is 9.93. The van der Waals surface area contributed by atoms with Crippen molar-refractivity contribution in [3.8, 4) is 0 Å². The smallest absolute Gasteiger partial charge is 0.306 e. The van der Waals surface area contributed by atoms with Gasteiger partial charge in [-0.2, -0.15) is 0 Å². The summed E-state index contributed by atoms with van der Waals surface area (Å²) in [6.07, 6.45) is 39.1. The van der Waals surface area contributed by atoms with E-state index in [2.05, 4.69) is 37.9 Å². The van der Waals surface area contributed by atoms with E-state index in [0.29, 0.717) is 25.4 Å². The van der Waals surface area contributed by atoms with Crippen LogP contribution in [-0.4, -0.2) is 61.6 Å². The minimum absolute atomic E-state index is 0.0145. The molecule has 0 aliphatic heterocycles. The van der Waals surface area contributed by atoms with Crippen molar-refractivity contribution in [3.05, 3.63) is 0 Å². The first-order valence-corrected chi connectivity index (χ1v) is 25.9. The summed E-state index contributed by atoms with van der Waals surface area (Å²) in [5.41, 5.74) is -0.360. The van der Waals surface area contributed by atoms with Crippen molar-refractivity contribution < 1.29 is 23.9 Å². The van der Waals surface area contributed by atoms with Crippen LogP contribution in [0.5, 0.6) is 0 Å². The Morgan fingerprint density at radius 3 is 1.39 bits per heavy atom. The van der Waals surface area contributed by atoms with Gasteiger partial charge in [0.2, 0.25) is 5.91 Å². The summed E-state index contributed by atoms with van der Waals surface area (Å²) in [5, 5.41) is 3.12. The Morgan fingerprint density at radius 1 is 0.475 bits per heavy atom. The number of ether oxygens (including phenoxy) is 2. The normalized spacial score (nSPS) is 11.9. The summed E-state index contributed by atoms with van der Waals surface area (Å²) in [7, 11) is 0. The molecular weight excluding hydrogens is 733 g/mol. The van der Waals surface area contributed by atoms with Crippen LogP contribution in [0.15, 0.2) is 0 Å². The van der Waals surface area contributed by atoms with Gasteiger partial charge in [-0.05, 0) is 89.8 Å². The van der Waals surface area contributed by atoms with Gasteiger partial charge in [-0.1, -0.05) is 190 Å². The molecule has 0 heterocycles. The van der Waals surface area contributed by atoms with Gasteiger partial charge in [-0.3, -0.25) is 14.4 Å². The van der Waals surface area contributed by atoms with Crippen LogP contribution in [0.1, 0.15) is 267 Å². The molecule has 59 heavy (non-hydrogen) atoms. The molecule has 0 radical (unpaired) electrons. The van der Waals surface area contributed by atoms with E-state index >= 15 is 0 Å². The predicted molar refractivity (Wildman–Crippen MR) is 253 cm³/mol. The van der Waals surface area contributed by atoms with E-state index in [1.165, 1.54) is 128 Å². The molecule has 0 aliphatic carbocycles. The summed E-state index contributed by atoms with van der Waals surface area (Å²) in [5.74, 6) is 0.807. The van der Waals surface area contributed by atoms with Crippen LogP contribution in [0, 0.1) is 11.3 Å². The third kappa shape index (κ3) is 39.0. The van der Waals surface area contributed by atoms with Gasteiger partial charge in [-0.15, -0.1) is 0 Å². The second-order valence-electron chi connectivity index (χ2n) is 19.1. The lowest BCUT2D eigenvalue weighted by Gasteiger charge is -2.23. The van der Waals surface area contributed by atoms with Gasteiger partial charge in [-0.25, -0.2) is 0 Å². The monoisotopic (exact) mass is 835 g/mol. The standard InChI is InChI=1S/C52H102N2O5/c1-8-12-16-18-22-28-37-48(38-29-23-19-17-13-9-2)59-50(56)40-31-25-21-27-33-44-54(45-34-42-53-51(57)52(5,6)7)43-32-26-20-24-30-39-49(55)58-46-41-47(35-14-10-3)36-15-11-4/h47-48H,8-46H2,1-7H3,(H,53,57). The van der Waals surface area contributed by atoms with Gasteiger partial charge in [0, 0.05) is 24.8 Å². The lowest BCUT2D eigenvalue weighted by molar-refractivity contribution is -0.150. The van der Waals surface area contributed by atoms with Gasteiger partial charge in [0.25, 0.3) is 0 Å². The third-order valence-electron chi connectivity index (χ3n) is 12.1. The van der Waals surface area contributed by atoms with Crippen LogP contribution < -0.4 is 5.32 Å². The average molecular weight is 835 g/mol. The molecule has 0 bridgehead atoms.